The summed E-state index contributed by atoms with van der Waals surface area (Å²) in [5.41, 5.74) is 1.93. The zero-order valence-electron chi connectivity index (χ0n) is 9.43. The maximum absolute atomic E-state index is 5.13. The first-order chi connectivity index (χ1) is 7.56. The molecule has 0 aromatic carbocycles. The number of hydrogen-bond donors (Lipinski definition) is 1. The molecular formula is C10H13N5S. The number of H-pyrrole nitrogens is 1. The van der Waals surface area contributed by atoms with Gasteiger partial charge in [-0.1, -0.05) is 12.2 Å². The standard InChI is InChI=1S/C10H13N5S/c1-14(2)10-12-8(4-9(16)13-10)7-5-11-15(3)6-7/h4-6H,1-3H3,(H,12,13,16). The molecule has 0 saturated carbocycles. The Hall–Kier alpha value is -1.69. The summed E-state index contributed by atoms with van der Waals surface area (Å²) in [5, 5.41) is 4.13. The number of hydrogen-bond acceptors (Lipinski definition) is 4. The third kappa shape index (κ3) is 2.11. The molecule has 0 aliphatic rings. The van der Waals surface area contributed by atoms with E-state index in [2.05, 4.69) is 15.1 Å². The zero-order chi connectivity index (χ0) is 11.7. The van der Waals surface area contributed by atoms with E-state index in [0.717, 1.165) is 17.2 Å². The minimum Gasteiger partial charge on any atom is -0.348 e. The van der Waals surface area contributed by atoms with Crippen molar-refractivity contribution in [1.29, 1.82) is 0 Å². The third-order valence-corrected chi connectivity index (χ3v) is 2.38. The van der Waals surface area contributed by atoms with E-state index in [4.69, 9.17) is 12.2 Å². The van der Waals surface area contributed by atoms with Crippen molar-refractivity contribution in [2.24, 2.45) is 7.05 Å². The van der Waals surface area contributed by atoms with Gasteiger partial charge in [0.25, 0.3) is 0 Å². The van der Waals surface area contributed by atoms with Gasteiger partial charge < -0.3 is 9.88 Å². The van der Waals surface area contributed by atoms with Gasteiger partial charge in [-0.3, -0.25) is 4.68 Å². The number of aromatic amines is 1. The summed E-state index contributed by atoms with van der Waals surface area (Å²) < 4.78 is 2.32. The number of anilines is 1. The average molecular weight is 235 g/mol. The average Bonchev–Trinajstić information content (AvgIpc) is 2.64. The molecule has 84 valence electrons. The molecule has 16 heavy (non-hydrogen) atoms. The van der Waals surface area contributed by atoms with Crippen molar-refractivity contribution in [3.63, 3.8) is 0 Å². The molecule has 0 spiro atoms. The van der Waals surface area contributed by atoms with Gasteiger partial charge in [-0.2, -0.15) is 5.10 Å². The molecule has 0 amide bonds. The van der Waals surface area contributed by atoms with Crippen LogP contribution in [0.3, 0.4) is 0 Å². The monoisotopic (exact) mass is 235 g/mol. The topological polar surface area (TPSA) is 49.7 Å². The summed E-state index contributed by atoms with van der Waals surface area (Å²) in [6.07, 6.45) is 3.72. The molecular weight excluding hydrogens is 222 g/mol. The van der Waals surface area contributed by atoms with E-state index in [1.807, 2.05) is 38.3 Å². The number of nitrogens with zero attached hydrogens (tertiary/aromatic N) is 4. The maximum atomic E-state index is 5.13. The highest BCUT2D eigenvalue weighted by atomic mass is 32.1. The largest absolute Gasteiger partial charge is 0.348 e. The molecule has 0 atom stereocenters. The summed E-state index contributed by atoms with van der Waals surface area (Å²) in [7, 11) is 5.72. The van der Waals surface area contributed by atoms with Gasteiger partial charge in [0.2, 0.25) is 5.95 Å². The van der Waals surface area contributed by atoms with Crippen molar-refractivity contribution >= 4 is 18.2 Å². The normalized spacial score (nSPS) is 10.4. The Bertz CT molecular complexity index is 554. The van der Waals surface area contributed by atoms with Gasteiger partial charge in [-0.15, -0.1) is 0 Å². The zero-order valence-corrected chi connectivity index (χ0v) is 10.2. The Balaban J connectivity index is 2.53. The van der Waals surface area contributed by atoms with Gasteiger partial charge in [0, 0.05) is 32.9 Å². The number of nitrogens with one attached hydrogen (secondary N) is 1. The smallest absolute Gasteiger partial charge is 0.204 e. The van der Waals surface area contributed by atoms with Gasteiger partial charge in [-0.05, 0) is 6.07 Å². The van der Waals surface area contributed by atoms with E-state index in [0.29, 0.717) is 4.64 Å². The molecule has 5 nitrogen and oxygen atoms in total. The van der Waals surface area contributed by atoms with E-state index in [9.17, 15) is 0 Å². The van der Waals surface area contributed by atoms with Crippen LogP contribution in [0.1, 0.15) is 0 Å². The van der Waals surface area contributed by atoms with Crippen LogP contribution in [0.2, 0.25) is 0 Å². The lowest BCUT2D eigenvalue weighted by Crippen LogP contribution is -2.12. The molecule has 2 heterocycles. The fourth-order valence-electron chi connectivity index (χ4n) is 1.37. The second-order valence-corrected chi connectivity index (χ2v) is 4.17. The molecule has 1 N–H and O–H groups in total. The molecule has 0 bridgehead atoms. The van der Waals surface area contributed by atoms with E-state index in [-0.39, 0.29) is 0 Å². The number of aryl methyl sites for hydroxylation is 1. The molecule has 2 rings (SSSR count). The van der Waals surface area contributed by atoms with Crippen LogP contribution in [0.4, 0.5) is 5.95 Å². The fourth-order valence-corrected chi connectivity index (χ4v) is 1.58. The lowest BCUT2D eigenvalue weighted by Gasteiger charge is -2.11. The van der Waals surface area contributed by atoms with E-state index in [1.165, 1.54) is 0 Å². The molecule has 2 aromatic rings. The minimum absolute atomic E-state index is 0.571. The SMILES string of the molecule is CN(C)c1nc(=S)cc(-c2cnn(C)c2)[nH]1. The van der Waals surface area contributed by atoms with Crippen molar-refractivity contribution in [1.82, 2.24) is 19.7 Å². The van der Waals surface area contributed by atoms with Crippen LogP contribution in [0.25, 0.3) is 11.3 Å². The first kappa shape index (κ1) is 10.8. The molecule has 0 saturated heterocycles. The summed E-state index contributed by atoms with van der Waals surface area (Å²) in [5.74, 6) is 0.742. The van der Waals surface area contributed by atoms with Gasteiger partial charge in [-0.25, -0.2) is 4.98 Å². The fraction of sp³-hybridized carbons (Fsp3) is 0.300. The quantitative estimate of drug-likeness (QED) is 0.803. The lowest BCUT2D eigenvalue weighted by atomic mass is 10.2. The Morgan fingerprint density at radius 1 is 1.44 bits per heavy atom. The van der Waals surface area contributed by atoms with Crippen molar-refractivity contribution < 1.29 is 0 Å². The Labute approximate surface area is 98.7 Å². The van der Waals surface area contributed by atoms with Crippen molar-refractivity contribution in [3.05, 3.63) is 23.1 Å². The minimum atomic E-state index is 0.571. The summed E-state index contributed by atoms with van der Waals surface area (Å²) in [6, 6.07) is 1.83. The van der Waals surface area contributed by atoms with E-state index < -0.39 is 0 Å². The first-order valence-corrected chi connectivity index (χ1v) is 5.25. The molecule has 0 radical (unpaired) electrons. The first-order valence-electron chi connectivity index (χ1n) is 4.84. The highest BCUT2D eigenvalue weighted by Crippen LogP contribution is 2.17. The van der Waals surface area contributed by atoms with Crippen LogP contribution in [-0.2, 0) is 7.05 Å². The molecule has 2 aromatic heterocycles. The van der Waals surface area contributed by atoms with E-state index >= 15 is 0 Å². The lowest BCUT2D eigenvalue weighted by molar-refractivity contribution is 0.768. The van der Waals surface area contributed by atoms with Gasteiger partial charge >= 0.3 is 0 Å². The van der Waals surface area contributed by atoms with Crippen LogP contribution in [-0.4, -0.2) is 33.8 Å². The Morgan fingerprint density at radius 2 is 2.19 bits per heavy atom. The van der Waals surface area contributed by atoms with Gasteiger partial charge in [0.15, 0.2) is 0 Å². The highest BCUT2D eigenvalue weighted by Gasteiger charge is 2.04. The van der Waals surface area contributed by atoms with Crippen LogP contribution in [0.15, 0.2) is 18.5 Å². The Morgan fingerprint density at radius 3 is 2.75 bits per heavy atom. The molecule has 0 fully saturated rings. The molecule has 0 aliphatic carbocycles. The predicted octanol–water partition coefficient (Wildman–Crippen LogP) is 1.61. The summed E-state index contributed by atoms with van der Waals surface area (Å²) in [4.78, 5) is 9.32. The van der Waals surface area contributed by atoms with Crippen molar-refractivity contribution in [2.75, 3.05) is 19.0 Å². The Kier molecular flexibility index (Phi) is 2.74. The van der Waals surface area contributed by atoms with Gasteiger partial charge in [0.1, 0.15) is 4.64 Å². The second-order valence-electron chi connectivity index (χ2n) is 3.75. The highest BCUT2D eigenvalue weighted by molar-refractivity contribution is 7.71. The van der Waals surface area contributed by atoms with Gasteiger partial charge in [0.05, 0.1) is 11.9 Å². The molecule has 0 aliphatic heterocycles. The molecule has 0 unspecified atom stereocenters. The predicted molar refractivity (Wildman–Crippen MR) is 66.0 cm³/mol. The third-order valence-electron chi connectivity index (χ3n) is 2.17. The summed E-state index contributed by atoms with van der Waals surface area (Å²) in [6.45, 7) is 0. The van der Waals surface area contributed by atoms with Crippen LogP contribution in [0.5, 0.6) is 0 Å². The van der Waals surface area contributed by atoms with E-state index in [1.54, 1.807) is 10.9 Å². The summed E-state index contributed by atoms with van der Waals surface area (Å²) >= 11 is 5.13. The van der Waals surface area contributed by atoms with Crippen LogP contribution in [0, 0.1) is 4.64 Å². The maximum Gasteiger partial charge on any atom is 0.204 e. The van der Waals surface area contributed by atoms with Crippen molar-refractivity contribution in [3.8, 4) is 11.3 Å². The molecule has 6 heteroatoms. The van der Waals surface area contributed by atoms with Crippen LogP contribution >= 0.6 is 12.2 Å². The number of aromatic nitrogens is 4. The van der Waals surface area contributed by atoms with Crippen LogP contribution < -0.4 is 4.90 Å². The van der Waals surface area contributed by atoms with Crippen molar-refractivity contribution in [2.45, 2.75) is 0 Å². The number of rotatable bonds is 2. The second kappa shape index (κ2) is 4.05.